The SMILES string of the molecule is CCc1cc2c(=O)n([C@@H](C)C(=O)Nc3cc(C(F)(F)F)ccc3Cl)cnc2s1. The zero-order valence-electron chi connectivity index (χ0n) is 14.8. The number of rotatable bonds is 4. The number of nitrogens with zero attached hydrogens (tertiary/aromatic N) is 2. The molecule has 10 heteroatoms. The minimum Gasteiger partial charge on any atom is -0.323 e. The van der Waals surface area contributed by atoms with E-state index >= 15 is 0 Å². The van der Waals surface area contributed by atoms with Gasteiger partial charge in [0.15, 0.2) is 0 Å². The largest absolute Gasteiger partial charge is 0.416 e. The molecule has 1 aromatic carbocycles. The second-order valence-electron chi connectivity index (χ2n) is 6.10. The van der Waals surface area contributed by atoms with Crippen LogP contribution in [0.1, 0.15) is 30.3 Å². The van der Waals surface area contributed by atoms with E-state index in [1.54, 1.807) is 6.07 Å². The van der Waals surface area contributed by atoms with Gasteiger partial charge in [-0.2, -0.15) is 13.2 Å². The van der Waals surface area contributed by atoms with Gasteiger partial charge in [0.1, 0.15) is 10.9 Å². The Labute approximate surface area is 166 Å². The number of hydrogen-bond donors (Lipinski definition) is 1. The van der Waals surface area contributed by atoms with Crippen LogP contribution in [0.2, 0.25) is 5.02 Å². The van der Waals surface area contributed by atoms with Gasteiger partial charge in [-0.05, 0) is 37.6 Å². The summed E-state index contributed by atoms with van der Waals surface area (Å²) in [6.07, 6.45) is -2.55. The standard InChI is InChI=1S/C18H15ClF3N3O2S/c1-3-11-7-12-16(28-11)23-8-25(17(12)27)9(2)15(26)24-14-6-10(18(20,21)22)4-5-13(14)19/h4-9H,3H2,1-2H3,(H,24,26)/t9-/m0/s1. The number of benzene rings is 1. The Morgan fingerprint density at radius 3 is 2.71 bits per heavy atom. The lowest BCUT2D eigenvalue weighted by atomic mass is 10.2. The molecule has 0 bridgehead atoms. The Bertz CT molecular complexity index is 1110. The van der Waals surface area contributed by atoms with E-state index in [1.807, 2.05) is 6.92 Å². The summed E-state index contributed by atoms with van der Waals surface area (Å²) in [5, 5.41) is 2.72. The van der Waals surface area contributed by atoms with Crippen LogP contribution in [0.25, 0.3) is 10.2 Å². The Hall–Kier alpha value is -2.39. The predicted octanol–water partition coefficient (Wildman–Crippen LogP) is 4.89. The molecule has 0 saturated carbocycles. The Morgan fingerprint density at radius 2 is 2.07 bits per heavy atom. The fraction of sp³-hybridized carbons (Fsp3) is 0.278. The number of alkyl halides is 3. The zero-order valence-corrected chi connectivity index (χ0v) is 16.4. The summed E-state index contributed by atoms with van der Waals surface area (Å²) in [4.78, 5) is 31.0. The van der Waals surface area contributed by atoms with E-state index in [4.69, 9.17) is 11.6 Å². The molecule has 3 rings (SSSR count). The second-order valence-corrected chi connectivity index (χ2v) is 7.62. The van der Waals surface area contributed by atoms with Crippen LogP contribution in [0.15, 0.2) is 35.4 Å². The third-order valence-corrected chi connectivity index (χ3v) is 5.74. The third kappa shape index (κ3) is 3.90. The maximum Gasteiger partial charge on any atom is 0.416 e. The Kier molecular flexibility index (Phi) is 5.49. The quantitative estimate of drug-likeness (QED) is 0.642. The molecule has 0 aliphatic rings. The van der Waals surface area contributed by atoms with Crippen molar-refractivity contribution in [1.82, 2.24) is 9.55 Å². The molecule has 2 aromatic heterocycles. The number of amides is 1. The van der Waals surface area contributed by atoms with E-state index < -0.39 is 29.2 Å². The number of hydrogen-bond acceptors (Lipinski definition) is 4. The first-order valence-electron chi connectivity index (χ1n) is 8.29. The van der Waals surface area contributed by atoms with Crippen LogP contribution in [0.3, 0.4) is 0 Å². The van der Waals surface area contributed by atoms with Gasteiger partial charge < -0.3 is 5.32 Å². The van der Waals surface area contributed by atoms with Gasteiger partial charge in [-0.3, -0.25) is 14.2 Å². The number of carbonyl (C=O) groups is 1. The van der Waals surface area contributed by atoms with Crippen LogP contribution in [0.4, 0.5) is 18.9 Å². The number of anilines is 1. The normalized spacial score (nSPS) is 12.9. The average Bonchev–Trinajstić information content (AvgIpc) is 3.06. The highest BCUT2D eigenvalue weighted by Gasteiger charge is 2.31. The third-order valence-electron chi connectivity index (χ3n) is 4.22. The van der Waals surface area contributed by atoms with E-state index in [2.05, 4.69) is 10.3 Å². The molecule has 1 N–H and O–H groups in total. The number of thiophene rings is 1. The van der Waals surface area contributed by atoms with Crippen molar-refractivity contribution in [2.75, 3.05) is 5.32 Å². The van der Waals surface area contributed by atoms with Gasteiger partial charge in [0.05, 0.1) is 28.0 Å². The summed E-state index contributed by atoms with van der Waals surface area (Å²) in [5.74, 6) is -0.685. The second kappa shape index (κ2) is 7.56. The number of aryl methyl sites for hydroxylation is 1. The number of nitrogens with one attached hydrogen (secondary N) is 1. The lowest BCUT2D eigenvalue weighted by Crippen LogP contribution is -2.31. The summed E-state index contributed by atoms with van der Waals surface area (Å²) >= 11 is 7.31. The number of fused-ring (bicyclic) bond motifs is 1. The smallest absolute Gasteiger partial charge is 0.323 e. The van der Waals surface area contributed by atoms with E-state index in [0.29, 0.717) is 10.2 Å². The van der Waals surface area contributed by atoms with Crippen LogP contribution in [0, 0.1) is 0 Å². The highest BCUT2D eigenvalue weighted by Crippen LogP contribution is 2.34. The van der Waals surface area contributed by atoms with Crippen molar-refractivity contribution in [1.29, 1.82) is 0 Å². The zero-order chi connectivity index (χ0) is 20.6. The molecule has 0 aliphatic heterocycles. The molecule has 0 radical (unpaired) electrons. The van der Waals surface area contributed by atoms with Crippen LogP contribution in [-0.2, 0) is 17.4 Å². The van der Waals surface area contributed by atoms with Crippen molar-refractivity contribution in [3.05, 3.63) is 56.4 Å². The summed E-state index contributed by atoms with van der Waals surface area (Å²) in [6, 6.07) is 3.37. The topological polar surface area (TPSA) is 64.0 Å². The molecule has 0 spiro atoms. The lowest BCUT2D eigenvalue weighted by Gasteiger charge is -2.16. The minimum atomic E-state index is -4.57. The molecule has 148 valence electrons. The van der Waals surface area contributed by atoms with Gasteiger partial charge in [0.2, 0.25) is 5.91 Å². The van der Waals surface area contributed by atoms with Crippen molar-refractivity contribution in [2.45, 2.75) is 32.5 Å². The molecule has 0 saturated heterocycles. The molecule has 0 aliphatic carbocycles. The molecular weight excluding hydrogens is 415 g/mol. The monoisotopic (exact) mass is 429 g/mol. The lowest BCUT2D eigenvalue weighted by molar-refractivity contribution is -0.137. The van der Waals surface area contributed by atoms with Gasteiger partial charge in [-0.25, -0.2) is 4.98 Å². The Morgan fingerprint density at radius 1 is 1.36 bits per heavy atom. The first-order valence-corrected chi connectivity index (χ1v) is 9.48. The summed E-state index contributed by atoms with van der Waals surface area (Å²) < 4.78 is 39.8. The molecule has 28 heavy (non-hydrogen) atoms. The van der Waals surface area contributed by atoms with E-state index in [-0.39, 0.29) is 10.7 Å². The van der Waals surface area contributed by atoms with Gasteiger partial charge in [-0.1, -0.05) is 18.5 Å². The van der Waals surface area contributed by atoms with Gasteiger partial charge in [-0.15, -0.1) is 11.3 Å². The van der Waals surface area contributed by atoms with E-state index in [0.717, 1.165) is 34.1 Å². The fourth-order valence-electron chi connectivity index (χ4n) is 2.60. The summed E-state index contributed by atoms with van der Waals surface area (Å²) in [7, 11) is 0. The molecule has 3 aromatic rings. The van der Waals surface area contributed by atoms with Crippen LogP contribution < -0.4 is 10.9 Å². The first-order chi connectivity index (χ1) is 13.1. The highest BCUT2D eigenvalue weighted by molar-refractivity contribution is 7.18. The number of carbonyl (C=O) groups excluding carboxylic acids is 1. The number of aromatic nitrogens is 2. The minimum absolute atomic E-state index is 0.0418. The summed E-state index contributed by atoms with van der Waals surface area (Å²) in [5.41, 5.74) is -1.51. The Balaban J connectivity index is 1.91. The first kappa shape index (κ1) is 20.3. The molecule has 1 amide bonds. The van der Waals surface area contributed by atoms with Gasteiger partial charge >= 0.3 is 6.18 Å². The van der Waals surface area contributed by atoms with Crippen LogP contribution in [0.5, 0.6) is 0 Å². The van der Waals surface area contributed by atoms with Crippen LogP contribution in [-0.4, -0.2) is 15.5 Å². The molecule has 1 atom stereocenters. The van der Waals surface area contributed by atoms with Crippen molar-refractivity contribution in [3.8, 4) is 0 Å². The number of halogens is 4. The van der Waals surface area contributed by atoms with E-state index in [1.165, 1.54) is 24.6 Å². The average molecular weight is 430 g/mol. The molecule has 0 unspecified atom stereocenters. The molecule has 0 fully saturated rings. The molecule has 5 nitrogen and oxygen atoms in total. The maximum absolute atomic E-state index is 12.9. The molecular formula is C18H15ClF3N3O2S. The maximum atomic E-state index is 12.9. The van der Waals surface area contributed by atoms with Crippen molar-refractivity contribution in [2.24, 2.45) is 0 Å². The highest BCUT2D eigenvalue weighted by atomic mass is 35.5. The van der Waals surface area contributed by atoms with Crippen molar-refractivity contribution < 1.29 is 18.0 Å². The van der Waals surface area contributed by atoms with Gasteiger partial charge in [0, 0.05) is 4.88 Å². The molecule has 2 heterocycles. The van der Waals surface area contributed by atoms with Crippen molar-refractivity contribution in [3.63, 3.8) is 0 Å². The van der Waals surface area contributed by atoms with Gasteiger partial charge in [0.25, 0.3) is 5.56 Å². The van der Waals surface area contributed by atoms with E-state index in [9.17, 15) is 22.8 Å². The van der Waals surface area contributed by atoms with Crippen molar-refractivity contribution >= 4 is 44.7 Å². The fourth-order valence-corrected chi connectivity index (χ4v) is 3.69. The summed E-state index contributed by atoms with van der Waals surface area (Å²) in [6.45, 7) is 3.41. The predicted molar refractivity (Wildman–Crippen MR) is 103 cm³/mol. The van der Waals surface area contributed by atoms with Crippen LogP contribution >= 0.6 is 22.9 Å².